The van der Waals surface area contributed by atoms with E-state index in [1.807, 2.05) is 73.2 Å². The first-order valence-electron chi connectivity index (χ1n) is 20.6. The predicted molar refractivity (Wildman–Crippen MR) is 252 cm³/mol. The number of nitrogens with zero attached hydrogens (tertiary/aromatic N) is 6. The van der Waals surface area contributed by atoms with Crippen molar-refractivity contribution in [3.63, 3.8) is 0 Å². The summed E-state index contributed by atoms with van der Waals surface area (Å²) in [7, 11) is 0. The van der Waals surface area contributed by atoms with E-state index in [0.29, 0.717) is 0 Å². The van der Waals surface area contributed by atoms with E-state index in [1.54, 1.807) is 0 Å². The quantitative estimate of drug-likeness (QED) is 0.137. The van der Waals surface area contributed by atoms with Gasteiger partial charge in [-0.05, 0) is 108 Å². The lowest BCUT2D eigenvalue weighted by atomic mass is 9.78. The predicted octanol–water partition coefficient (Wildman–Crippen LogP) is 14.4. The SMILES string of the molecule is CC(C)(C)C(=Nc1ccc(-c2ccccn2)cc1)c1cc(C(=Nc2ccc(-c3ccccn3)cc2)C(C)(C)C)cc(C(=Nc2ccc(-c3ccccn3)cc2)C(C)(C)C)c1. The molecule has 60 heavy (non-hydrogen) atoms. The van der Waals surface area contributed by atoms with Crippen LogP contribution in [-0.4, -0.2) is 32.1 Å². The summed E-state index contributed by atoms with van der Waals surface area (Å²) in [5.74, 6) is 0. The van der Waals surface area contributed by atoms with Gasteiger partial charge in [-0.15, -0.1) is 0 Å². The zero-order valence-electron chi connectivity index (χ0n) is 36.3. The van der Waals surface area contributed by atoms with Crippen molar-refractivity contribution >= 4 is 34.2 Å². The summed E-state index contributed by atoms with van der Waals surface area (Å²) < 4.78 is 0. The molecule has 3 heterocycles. The molecule has 4 aromatic carbocycles. The summed E-state index contributed by atoms with van der Waals surface area (Å²) in [6, 6.07) is 49.7. The van der Waals surface area contributed by atoms with Crippen LogP contribution in [0.4, 0.5) is 17.1 Å². The van der Waals surface area contributed by atoms with Crippen molar-refractivity contribution in [1.29, 1.82) is 0 Å². The van der Waals surface area contributed by atoms with Crippen molar-refractivity contribution in [2.45, 2.75) is 62.3 Å². The second kappa shape index (κ2) is 17.3. The lowest BCUT2D eigenvalue weighted by Gasteiger charge is -2.28. The third kappa shape index (κ3) is 10.1. The highest BCUT2D eigenvalue weighted by Gasteiger charge is 2.29. The molecule has 7 rings (SSSR count). The molecule has 0 bridgehead atoms. The molecule has 3 aromatic heterocycles. The number of hydrogen-bond donors (Lipinski definition) is 0. The molecule has 0 fully saturated rings. The van der Waals surface area contributed by atoms with E-state index in [9.17, 15) is 0 Å². The Morgan fingerprint density at radius 2 is 0.583 bits per heavy atom. The van der Waals surface area contributed by atoms with Gasteiger partial charge in [0.1, 0.15) is 0 Å². The largest absolute Gasteiger partial charge is 0.256 e. The minimum atomic E-state index is -0.309. The zero-order chi connectivity index (χ0) is 42.5. The average Bonchev–Trinajstić information content (AvgIpc) is 3.24. The van der Waals surface area contributed by atoms with Crippen molar-refractivity contribution in [3.8, 4) is 33.8 Å². The van der Waals surface area contributed by atoms with E-state index in [1.165, 1.54) is 0 Å². The van der Waals surface area contributed by atoms with Gasteiger partial charge in [-0.1, -0.05) is 117 Å². The Balaban J connectivity index is 1.40. The first-order valence-corrected chi connectivity index (χ1v) is 20.6. The normalized spacial score (nSPS) is 13.1. The van der Waals surface area contributed by atoms with Gasteiger partial charge < -0.3 is 0 Å². The highest BCUT2D eigenvalue weighted by Crippen LogP contribution is 2.35. The van der Waals surface area contributed by atoms with Gasteiger partial charge in [0.15, 0.2) is 0 Å². The molecule has 0 aliphatic rings. The highest BCUT2D eigenvalue weighted by molar-refractivity contribution is 6.14. The summed E-state index contributed by atoms with van der Waals surface area (Å²) in [5, 5.41) is 0. The van der Waals surface area contributed by atoms with Crippen LogP contribution in [0.2, 0.25) is 0 Å². The standard InChI is InChI=1S/C54H54N6/c1-52(2,3)49(58-43-25-19-37(20-26-43)46-16-10-13-31-55-46)40-34-41(50(53(4,5)6)59-44-27-21-38(22-28-44)47-17-11-14-32-56-47)36-42(35-40)51(54(7,8)9)60-45-29-23-39(24-30-45)48-18-12-15-33-57-48/h10-36H,1-9H3. The zero-order valence-corrected chi connectivity index (χ0v) is 36.3. The van der Waals surface area contributed by atoms with Gasteiger partial charge in [0.25, 0.3) is 0 Å². The molecule has 0 spiro atoms. The Hall–Kier alpha value is -6.66. The van der Waals surface area contributed by atoms with Crippen molar-refractivity contribution in [2.24, 2.45) is 31.2 Å². The lowest BCUT2D eigenvalue weighted by Crippen LogP contribution is -2.27. The number of aromatic nitrogens is 3. The molecular formula is C54H54N6. The van der Waals surface area contributed by atoms with E-state index < -0.39 is 0 Å². The molecule has 0 aliphatic heterocycles. The van der Waals surface area contributed by atoms with Crippen molar-refractivity contribution in [1.82, 2.24) is 15.0 Å². The molecular weight excluding hydrogens is 733 g/mol. The maximum Gasteiger partial charge on any atom is 0.0701 e. The summed E-state index contributed by atoms with van der Waals surface area (Å²) in [4.78, 5) is 29.9. The molecule has 0 unspecified atom stereocenters. The molecule has 0 radical (unpaired) electrons. The minimum Gasteiger partial charge on any atom is -0.256 e. The fourth-order valence-electron chi connectivity index (χ4n) is 7.14. The maximum absolute atomic E-state index is 5.41. The minimum absolute atomic E-state index is 0.309. The third-order valence-corrected chi connectivity index (χ3v) is 10.1. The van der Waals surface area contributed by atoms with E-state index in [4.69, 9.17) is 15.0 Å². The first-order chi connectivity index (χ1) is 28.6. The van der Waals surface area contributed by atoms with Gasteiger partial charge in [0, 0.05) is 51.5 Å². The molecule has 0 amide bonds. The van der Waals surface area contributed by atoms with Crippen molar-refractivity contribution in [2.75, 3.05) is 0 Å². The Kier molecular flexibility index (Phi) is 12.0. The van der Waals surface area contributed by atoms with Gasteiger partial charge in [-0.25, -0.2) is 0 Å². The second-order valence-electron chi connectivity index (χ2n) is 18.2. The molecule has 0 saturated heterocycles. The monoisotopic (exact) mass is 786 g/mol. The Morgan fingerprint density at radius 3 is 0.783 bits per heavy atom. The highest BCUT2D eigenvalue weighted by atomic mass is 14.8. The van der Waals surface area contributed by atoms with Crippen molar-refractivity contribution < 1.29 is 0 Å². The summed E-state index contributed by atoms with van der Waals surface area (Å²) in [5.41, 5.74) is 13.6. The third-order valence-electron chi connectivity index (χ3n) is 10.1. The van der Waals surface area contributed by atoms with Crippen LogP contribution in [0.25, 0.3) is 33.8 Å². The van der Waals surface area contributed by atoms with Gasteiger partial charge in [-0.2, -0.15) is 0 Å². The number of benzene rings is 4. The summed E-state index contributed by atoms with van der Waals surface area (Å²) in [6.45, 7) is 20.0. The summed E-state index contributed by atoms with van der Waals surface area (Å²) in [6.07, 6.45) is 5.47. The van der Waals surface area contributed by atoms with E-state index in [-0.39, 0.29) is 16.2 Å². The number of hydrogen-bond acceptors (Lipinski definition) is 6. The molecule has 7 aromatic rings. The molecule has 0 atom stereocenters. The van der Waals surface area contributed by atoms with Crippen LogP contribution in [0.5, 0.6) is 0 Å². The van der Waals surface area contributed by atoms with E-state index in [2.05, 4.69) is 168 Å². The summed E-state index contributed by atoms with van der Waals surface area (Å²) >= 11 is 0. The molecule has 0 saturated carbocycles. The first kappa shape index (κ1) is 41.5. The molecule has 6 nitrogen and oxygen atoms in total. The van der Waals surface area contributed by atoms with Crippen LogP contribution in [0.15, 0.2) is 179 Å². The number of rotatable bonds is 9. The molecule has 0 aliphatic carbocycles. The second-order valence-corrected chi connectivity index (χ2v) is 18.2. The van der Waals surface area contributed by atoms with E-state index in [0.717, 1.165) is 84.7 Å². The number of pyridine rings is 3. The molecule has 0 N–H and O–H groups in total. The van der Waals surface area contributed by atoms with Crippen molar-refractivity contribution in [3.05, 3.63) is 181 Å². The Morgan fingerprint density at radius 1 is 0.333 bits per heavy atom. The Labute approximate surface area is 356 Å². The van der Waals surface area contributed by atoms with Gasteiger partial charge in [0.2, 0.25) is 0 Å². The number of aliphatic imine (C=N–C) groups is 3. The van der Waals surface area contributed by atoms with Crippen LogP contribution in [0.3, 0.4) is 0 Å². The molecule has 300 valence electrons. The maximum atomic E-state index is 5.41. The van der Waals surface area contributed by atoms with Crippen LogP contribution in [0, 0.1) is 16.2 Å². The molecule has 6 heteroatoms. The fraction of sp³-hybridized carbons (Fsp3) is 0.222. The van der Waals surface area contributed by atoms with Crippen LogP contribution < -0.4 is 0 Å². The lowest BCUT2D eigenvalue weighted by molar-refractivity contribution is 0.589. The van der Waals surface area contributed by atoms with Gasteiger partial charge in [-0.3, -0.25) is 29.9 Å². The smallest absolute Gasteiger partial charge is 0.0701 e. The fourth-order valence-corrected chi connectivity index (χ4v) is 7.14. The van der Waals surface area contributed by atoms with Crippen LogP contribution in [0.1, 0.15) is 79.0 Å². The van der Waals surface area contributed by atoms with Gasteiger partial charge >= 0.3 is 0 Å². The Bertz CT molecular complexity index is 2310. The average molecular weight is 787 g/mol. The van der Waals surface area contributed by atoms with E-state index >= 15 is 0 Å². The topological polar surface area (TPSA) is 75.8 Å². The van der Waals surface area contributed by atoms with Crippen LogP contribution in [-0.2, 0) is 0 Å². The van der Waals surface area contributed by atoms with Crippen LogP contribution >= 0.6 is 0 Å². The van der Waals surface area contributed by atoms with Gasteiger partial charge in [0.05, 0.1) is 51.3 Å².